The summed E-state index contributed by atoms with van der Waals surface area (Å²) in [5.41, 5.74) is 7.23. The van der Waals surface area contributed by atoms with Gasteiger partial charge in [-0.05, 0) is 73.5 Å². The molecule has 410 valence electrons. The number of fused-ring (bicyclic) bond motifs is 2. The van der Waals surface area contributed by atoms with E-state index in [9.17, 15) is 24.3 Å². The molecule has 2 atom stereocenters. The number of anilines is 6. The highest BCUT2D eigenvalue weighted by Gasteiger charge is 2.30. The molecule has 0 saturated carbocycles. The van der Waals surface area contributed by atoms with Crippen LogP contribution in [0, 0.1) is 0 Å². The summed E-state index contributed by atoms with van der Waals surface area (Å²) in [6.45, 7) is 2.35. The lowest BCUT2D eigenvalue weighted by Gasteiger charge is -2.18. The molecule has 6 heterocycles. The highest BCUT2D eigenvalue weighted by molar-refractivity contribution is 7.16. The molecule has 0 aliphatic carbocycles. The molecular weight excluding hydrogens is 1060 g/mol. The van der Waals surface area contributed by atoms with E-state index < -0.39 is 11.9 Å². The maximum atomic E-state index is 13.0. The van der Waals surface area contributed by atoms with Crippen molar-refractivity contribution in [3.05, 3.63) is 106 Å². The fourth-order valence-electron chi connectivity index (χ4n) is 8.84. The average Bonchev–Trinajstić information content (AvgIpc) is 4.37. The fraction of sp³-hybridized carbons (Fsp3) is 0.283. The molecule has 2 fully saturated rings. The molecule has 2 unspecified atom stereocenters. The number of esters is 1. The second-order valence-electron chi connectivity index (χ2n) is 17.6. The molecule has 79 heavy (non-hydrogen) atoms. The number of amides is 2. The lowest BCUT2D eigenvalue weighted by Crippen LogP contribution is -2.37. The molecule has 0 bridgehead atoms. The Kier molecular flexibility index (Phi) is 16.8. The van der Waals surface area contributed by atoms with Gasteiger partial charge in [0.05, 0.1) is 60.8 Å². The Labute approximate surface area is 460 Å². The number of hydrogen-bond acceptors (Lipinski definition) is 23. The van der Waals surface area contributed by atoms with Crippen LogP contribution in [-0.2, 0) is 4.74 Å². The largest absolute Gasteiger partial charge is 0.496 e. The van der Waals surface area contributed by atoms with Crippen molar-refractivity contribution in [3.8, 4) is 34.5 Å². The number of carbonyl (C=O) groups excluding carboxylic acids is 3. The Hall–Kier alpha value is -9.30. The predicted octanol–water partition coefficient (Wildman–Crippen LogP) is 7.21. The zero-order valence-corrected chi connectivity index (χ0v) is 45.4. The van der Waals surface area contributed by atoms with Crippen LogP contribution in [0.5, 0.6) is 34.5 Å². The van der Waals surface area contributed by atoms with Crippen LogP contribution in [0.3, 0.4) is 0 Å². The van der Waals surface area contributed by atoms with Crippen LogP contribution in [0.25, 0.3) is 20.7 Å². The highest BCUT2D eigenvalue weighted by Crippen LogP contribution is 2.36. The second-order valence-corrected chi connectivity index (χ2v) is 19.2. The Morgan fingerprint density at radius 1 is 0.532 bits per heavy atom. The van der Waals surface area contributed by atoms with Gasteiger partial charge in [0.1, 0.15) is 33.7 Å². The first kappa shape index (κ1) is 54.5. The van der Waals surface area contributed by atoms with Crippen molar-refractivity contribution in [1.29, 1.82) is 0 Å². The molecule has 4 aromatic carbocycles. The molecule has 2 amide bonds. The minimum Gasteiger partial charge on any atom is -0.496 e. The van der Waals surface area contributed by atoms with Gasteiger partial charge in [-0.1, -0.05) is 0 Å². The van der Waals surface area contributed by atoms with Crippen molar-refractivity contribution >= 4 is 102 Å². The van der Waals surface area contributed by atoms with Gasteiger partial charge in [0.25, 0.3) is 11.8 Å². The molecule has 10 rings (SSSR count). The van der Waals surface area contributed by atoms with Gasteiger partial charge in [-0.3, -0.25) is 9.59 Å². The minimum absolute atomic E-state index is 0.00537. The van der Waals surface area contributed by atoms with Crippen LogP contribution in [0.2, 0.25) is 0 Å². The lowest BCUT2D eigenvalue weighted by atomic mass is 10.1. The van der Waals surface area contributed by atoms with Gasteiger partial charge in [-0.2, -0.15) is 19.9 Å². The first-order chi connectivity index (χ1) is 38.3. The van der Waals surface area contributed by atoms with Crippen molar-refractivity contribution < 1.29 is 57.4 Å². The number of carboxylic acids is 1. The van der Waals surface area contributed by atoms with Crippen molar-refractivity contribution in [2.24, 2.45) is 0 Å². The van der Waals surface area contributed by atoms with Crippen LogP contribution in [0.4, 0.5) is 34.9 Å². The van der Waals surface area contributed by atoms with Gasteiger partial charge in [-0.25, -0.2) is 19.6 Å². The number of thiazole rings is 2. The molecule has 4 aromatic heterocycles. The number of aromatic nitrogens is 6. The molecular formula is C53H54N12O12S2. The predicted molar refractivity (Wildman–Crippen MR) is 297 cm³/mol. The molecule has 26 heteroatoms. The zero-order valence-electron chi connectivity index (χ0n) is 43.8. The third kappa shape index (κ3) is 12.1. The number of nitrogens with one attached hydrogen (secondary N) is 4. The SMILES string of the molecule is COC(=O)c1ccc(C(=O)NC2CCN(c3nc(Nc4ccc(OC)c(OC)c4)c4ncsc4n3)C2)cc1OC.COc1ccc(Nc2nc(N3CCC(NC(=O)c4ccc(C(=O)O)c(OC)c4)C3)nc3scnc23)cc1OC. The molecule has 2 saturated heterocycles. The van der Waals surface area contributed by atoms with E-state index >= 15 is 0 Å². The van der Waals surface area contributed by atoms with Gasteiger partial charge in [0.15, 0.2) is 44.3 Å². The summed E-state index contributed by atoms with van der Waals surface area (Å²) < 4.78 is 36.7. The van der Waals surface area contributed by atoms with Gasteiger partial charge >= 0.3 is 11.9 Å². The topological polar surface area (TPSA) is 285 Å². The fourth-order valence-corrected chi connectivity index (χ4v) is 10.1. The number of rotatable bonds is 18. The van der Waals surface area contributed by atoms with Crippen LogP contribution in [0.1, 0.15) is 54.3 Å². The minimum atomic E-state index is -1.12. The normalized spacial score (nSPS) is 14.7. The summed E-state index contributed by atoms with van der Waals surface area (Å²) in [5, 5.41) is 22.0. The number of carbonyl (C=O) groups is 4. The standard InChI is InChI=1S/C27H28N6O6S.C26H26N6O6S/c1-36-19-8-6-16(12-21(19)38-3)29-23-22-25(40-14-28-22)32-27(31-23)33-10-9-17(13-33)30-24(34)15-5-7-18(26(35)39-4)20(11-15)37-2;1-36-18-7-5-15(11-20(18)38-3)28-22-21-24(39-13-27-21)31-26(30-22)32-9-8-16(12-32)29-23(33)14-4-6-17(25(34)35)19(10-14)37-2/h5-8,11-12,14,17H,9-10,13H2,1-4H3,(H,30,34)(H,29,31,32);4-7,10-11,13,16H,8-9,12H2,1-3H3,(H,29,33)(H,34,35)(H,28,30,31). The average molecular weight is 1120 g/mol. The van der Waals surface area contributed by atoms with Gasteiger partial charge in [0, 0.05) is 72.9 Å². The van der Waals surface area contributed by atoms with E-state index in [-0.39, 0.29) is 46.5 Å². The third-order valence-corrected chi connectivity index (χ3v) is 14.3. The summed E-state index contributed by atoms with van der Waals surface area (Å²) in [4.78, 5) is 82.5. The first-order valence-corrected chi connectivity index (χ1v) is 26.1. The summed E-state index contributed by atoms with van der Waals surface area (Å²) in [6.07, 6.45) is 1.41. The van der Waals surface area contributed by atoms with E-state index in [2.05, 4.69) is 31.2 Å². The van der Waals surface area contributed by atoms with Crippen LogP contribution < -0.4 is 59.5 Å². The molecule has 8 aromatic rings. The number of ether oxygens (including phenoxy) is 7. The second kappa shape index (κ2) is 24.4. The number of aromatic carboxylic acids is 1. The quantitative estimate of drug-likeness (QED) is 0.0530. The van der Waals surface area contributed by atoms with Crippen molar-refractivity contribution in [3.63, 3.8) is 0 Å². The zero-order chi connectivity index (χ0) is 55.7. The van der Waals surface area contributed by atoms with E-state index in [1.165, 1.54) is 74.3 Å². The van der Waals surface area contributed by atoms with Crippen molar-refractivity contribution in [1.82, 2.24) is 40.5 Å². The van der Waals surface area contributed by atoms with Gasteiger partial charge in [-0.15, -0.1) is 22.7 Å². The van der Waals surface area contributed by atoms with Gasteiger partial charge in [0.2, 0.25) is 11.9 Å². The summed E-state index contributed by atoms with van der Waals surface area (Å²) in [7, 11) is 10.4. The van der Waals surface area contributed by atoms with Crippen LogP contribution in [0.15, 0.2) is 83.8 Å². The van der Waals surface area contributed by atoms with Crippen molar-refractivity contribution in [2.45, 2.75) is 24.9 Å². The third-order valence-electron chi connectivity index (χ3n) is 12.8. The molecule has 0 radical (unpaired) electrons. The number of benzene rings is 4. The van der Waals surface area contributed by atoms with E-state index in [1.54, 1.807) is 51.6 Å². The Morgan fingerprint density at radius 2 is 0.962 bits per heavy atom. The molecule has 5 N–H and O–H groups in total. The monoisotopic (exact) mass is 1110 g/mol. The van der Waals surface area contributed by atoms with E-state index in [1.807, 2.05) is 40.1 Å². The Balaban J connectivity index is 0.000000192. The molecule has 2 aliphatic heterocycles. The van der Waals surface area contributed by atoms with Crippen LogP contribution >= 0.6 is 22.7 Å². The highest BCUT2D eigenvalue weighted by atomic mass is 32.1. The van der Waals surface area contributed by atoms with Crippen molar-refractivity contribution in [2.75, 3.05) is 96.4 Å². The van der Waals surface area contributed by atoms with Gasteiger partial charge < -0.3 is 69.3 Å². The lowest BCUT2D eigenvalue weighted by molar-refractivity contribution is 0.0595. The smallest absolute Gasteiger partial charge is 0.341 e. The number of nitrogens with zero attached hydrogens (tertiary/aromatic N) is 8. The number of hydrogen-bond donors (Lipinski definition) is 5. The summed E-state index contributed by atoms with van der Waals surface area (Å²) in [6, 6.07) is 19.6. The maximum absolute atomic E-state index is 13.0. The van der Waals surface area contributed by atoms with E-state index in [0.717, 1.165) is 21.0 Å². The van der Waals surface area contributed by atoms with E-state index in [4.69, 9.17) is 53.1 Å². The number of carboxylic acid groups (broad SMARTS) is 1. The Bertz CT molecular complexity index is 3560. The number of methoxy groups -OCH3 is 7. The van der Waals surface area contributed by atoms with E-state index in [0.29, 0.717) is 108 Å². The summed E-state index contributed by atoms with van der Waals surface area (Å²) >= 11 is 2.84. The first-order valence-electron chi connectivity index (χ1n) is 24.3. The molecule has 2 aliphatic rings. The molecule has 0 spiro atoms. The summed E-state index contributed by atoms with van der Waals surface area (Å²) in [5.74, 6) is 2.77. The Morgan fingerprint density at radius 3 is 1.38 bits per heavy atom. The van der Waals surface area contributed by atoms with Crippen LogP contribution in [-0.4, -0.2) is 147 Å². The maximum Gasteiger partial charge on any atom is 0.341 e. The molecule has 24 nitrogen and oxygen atoms in total.